The average molecular weight is 911 g/mol. The molecule has 0 spiro atoms. The van der Waals surface area contributed by atoms with Crippen molar-refractivity contribution in [3.63, 3.8) is 0 Å². The van der Waals surface area contributed by atoms with E-state index in [0.29, 0.717) is 45.0 Å². The SMILES string of the molecule is [2H]c1c([2H])c([2H])c2c(c1[2H])-c1cc(C(C)(C)C)cc(C(C)(C)C)c1-[n+]1[c-]n(-c3cccc(Oc4ccc5c6ccccc6n(-c6cc(C(C)(C)C)ccn6)c5c4)c3)c3cc(C(C)(C)C)cc(c31)-c1c([2H])c([2H])c([2H])c([2H])c1-2. The molecule has 4 heterocycles. The third-order valence-electron chi connectivity index (χ3n) is 13.6. The summed E-state index contributed by atoms with van der Waals surface area (Å²) in [5.41, 5.74) is 8.06. The zero-order valence-corrected chi connectivity index (χ0v) is 41.6. The van der Waals surface area contributed by atoms with E-state index in [2.05, 4.69) is 149 Å². The van der Waals surface area contributed by atoms with Crippen molar-refractivity contribution in [3.05, 3.63) is 186 Å². The van der Waals surface area contributed by atoms with Gasteiger partial charge in [-0.25, -0.2) is 4.98 Å². The lowest BCUT2D eigenvalue weighted by Gasteiger charge is -2.30. The van der Waals surface area contributed by atoms with Gasteiger partial charge in [-0.1, -0.05) is 174 Å². The highest BCUT2D eigenvalue weighted by molar-refractivity contribution is 6.09. The molecule has 0 N–H and O–H groups in total. The number of rotatable bonds is 4. The summed E-state index contributed by atoms with van der Waals surface area (Å²) in [5.74, 6) is 1.99. The predicted octanol–water partition coefficient (Wildman–Crippen LogP) is 16.5. The molecule has 0 fully saturated rings. The number of pyridine rings is 1. The highest BCUT2D eigenvalue weighted by Gasteiger charge is 2.32. The molecule has 0 amide bonds. The Morgan fingerprint density at radius 3 is 1.77 bits per heavy atom. The van der Waals surface area contributed by atoms with Crippen LogP contribution in [0, 0.1) is 6.33 Å². The van der Waals surface area contributed by atoms with E-state index in [1.807, 2.05) is 63.9 Å². The first kappa shape index (κ1) is 35.8. The lowest BCUT2D eigenvalue weighted by atomic mass is 9.77. The summed E-state index contributed by atoms with van der Waals surface area (Å²) < 4.78 is 88.6. The Morgan fingerprint density at radius 2 is 1.10 bits per heavy atom. The lowest BCUT2D eigenvalue weighted by Crippen LogP contribution is -2.35. The maximum absolute atomic E-state index is 9.82. The number of para-hydroxylation sites is 1. The highest BCUT2D eigenvalue weighted by atomic mass is 16.5. The summed E-state index contributed by atoms with van der Waals surface area (Å²) in [7, 11) is 0. The van der Waals surface area contributed by atoms with E-state index in [1.54, 1.807) is 0 Å². The van der Waals surface area contributed by atoms with Crippen LogP contribution in [-0.2, 0) is 21.7 Å². The fraction of sp³-hybridized carbons (Fsp3) is 0.250. The molecule has 5 heteroatoms. The Kier molecular flexibility index (Phi) is 8.13. The van der Waals surface area contributed by atoms with Gasteiger partial charge >= 0.3 is 0 Å². The van der Waals surface area contributed by atoms with Crippen LogP contribution >= 0.6 is 0 Å². The van der Waals surface area contributed by atoms with Crippen LogP contribution in [0.25, 0.3) is 83.4 Å². The Bertz CT molecular complexity index is 4160. The zero-order chi connectivity index (χ0) is 55.3. The fourth-order valence-corrected chi connectivity index (χ4v) is 9.78. The maximum Gasteiger partial charge on any atom is 0.269 e. The monoisotopic (exact) mass is 911 g/mol. The lowest BCUT2D eigenvalue weighted by molar-refractivity contribution is -0.572. The summed E-state index contributed by atoms with van der Waals surface area (Å²) >= 11 is 0. The third-order valence-corrected chi connectivity index (χ3v) is 13.6. The Balaban J connectivity index is 1.22. The molecule has 0 aliphatic carbocycles. The minimum Gasteiger partial charge on any atom is -0.458 e. The predicted molar refractivity (Wildman–Crippen MR) is 287 cm³/mol. The van der Waals surface area contributed by atoms with E-state index in [0.717, 1.165) is 44.3 Å². The minimum absolute atomic E-state index is 0.0000681. The Morgan fingerprint density at radius 1 is 0.507 bits per heavy atom. The summed E-state index contributed by atoms with van der Waals surface area (Å²) in [6, 6.07) is 31.4. The van der Waals surface area contributed by atoms with Gasteiger partial charge in [0.25, 0.3) is 6.33 Å². The number of benzene rings is 7. The molecule has 1 aliphatic heterocycles. The van der Waals surface area contributed by atoms with E-state index >= 15 is 0 Å². The largest absolute Gasteiger partial charge is 0.458 e. The van der Waals surface area contributed by atoms with Crippen molar-refractivity contribution in [2.24, 2.45) is 0 Å². The van der Waals surface area contributed by atoms with Gasteiger partial charge in [0.1, 0.15) is 17.3 Å². The van der Waals surface area contributed by atoms with Crippen molar-refractivity contribution in [2.45, 2.75) is 105 Å². The van der Waals surface area contributed by atoms with E-state index in [-0.39, 0.29) is 39.8 Å². The standard InChI is InChI=1S/C64H62N4O/c1-61(2,3)40-30-31-65-58(36-40)68-55-27-18-17-26-50(55)51-29-28-45(38-56(51)68)69-44-21-19-20-43(37-44)66-39-67-59-52(32-41(62(4,5)6)34-54(59)64(10,11)12)48-24-15-13-22-46(48)47-23-14-16-25-49(47)53-33-42(63(7,8)9)35-57(66)60(53)67/h13-38H,1-12H3/i13D,14D,15D,16D,22D,23D,24D,25D. The molecule has 0 unspecified atom stereocenters. The topological polar surface area (TPSA) is 35.9 Å². The van der Waals surface area contributed by atoms with Crippen molar-refractivity contribution in [3.8, 4) is 62.1 Å². The van der Waals surface area contributed by atoms with Crippen molar-refractivity contribution in [2.75, 3.05) is 0 Å². The van der Waals surface area contributed by atoms with Gasteiger partial charge in [-0.05, 0) is 132 Å². The quantitative estimate of drug-likeness (QED) is 0.130. The van der Waals surface area contributed by atoms with Crippen LogP contribution in [-0.4, -0.2) is 14.1 Å². The number of ether oxygens (including phenoxy) is 1. The first-order valence-corrected chi connectivity index (χ1v) is 23.8. The molecule has 1 aliphatic rings. The molecule has 7 aromatic carbocycles. The number of hydrogen-bond donors (Lipinski definition) is 0. The summed E-state index contributed by atoms with van der Waals surface area (Å²) in [6.45, 7) is 25.6. The van der Waals surface area contributed by atoms with Crippen LogP contribution in [0.4, 0.5) is 0 Å². The summed E-state index contributed by atoms with van der Waals surface area (Å²) in [4.78, 5) is 4.88. The first-order valence-electron chi connectivity index (χ1n) is 27.8. The van der Waals surface area contributed by atoms with Gasteiger partial charge < -0.3 is 4.74 Å². The zero-order valence-electron chi connectivity index (χ0n) is 49.6. The van der Waals surface area contributed by atoms with Gasteiger partial charge in [-0.2, -0.15) is 0 Å². The van der Waals surface area contributed by atoms with Crippen LogP contribution in [0.5, 0.6) is 11.5 Å². The molecular formula is C64H62N4O. The van der Waals surface area contributed by atoms with Gasteiger partial charge in [0.2, 0.25) is 0 Å². The van der Waals surface area contributed by atoms with Gasteiger partial charge in [0.05, 0.1) is 44.4 Å². The van der Waals surface area contributed by atoms with E-state index in [9.17, 15) is 8.22 Å². The molecule has 3 aromatic heterocycles. The van der Waals surface area contributed by atoms with Crippen molar-refractivity contribution in [1.82, 2.24) is 14.1 Å². The molecule has 0 saturated carbocycles. The Labute approximate surface area is 418 Å². The van der Waals surface area contributed by atoms with Gasteiger partial charge in [0.15, 0.2) is 0 Å². The van der Waals surface area contributed by atoms with Crippen molar-refractivity contribution < 1.29 is 20.3 Å². The molecule has 0 bridgehead atoms. The van der Waals surface area contributed by atoms with Gasteiger partial charge in [0, 0.05) is 23.0 Å². The van der Waals surface area contributed by atoms with Gasteiger partial charge in [-0.3, -0.25) is 13.7 Å². The molecule has 0 radical (unpaired) electrons. The fourth-order valence-electron chi connectivity index (χ4n) is 9.78. The number of nitrogens with zero attached hydrogens (tertiary/aromatic N) is 4. The molecule has 0 atom stereocenters. The molecule has 11 rings (SSSR count). The third kappa shape index (κ3) is 7.54. The normalized spacial score (nSPS) is 14.6. The number of imidazole rings is 1. The minimum atomic E-state index is -0.561. The molecule has 5 nitrogen and oxygen atoms in total. The summed E-state index contributed by atoms with van der Waals surface area (Å²) in [5, 5.41) is 2.17. The second-order valence-electron chi connectivity index (χ2n) is 22.6. The van der Waals surface area contributed by atoms with E-state index in [1.165, 1.54) is 5.56 Å². The van der Waals surface area contributed by atoms with Crippen LogP contribution < -0.4 is 9.30 Å². The molecule has 10 aromatic rings. The maximum atomic E-state index is 9.82. The van der Waals surface area contributed by atoms with Crippen molar-refractivity contribution in [1.29, 1.82) is 0 Å². The average Bonchev–Trinajstić information content (AvgIpc) is 3.94. The van der Waals surface area contributed by atoms with Crippen LogP contribution in [0.15, 0.2) is 158 Å². The second-order valence-corrected chi connectivity index (χ2v) is 22.6. The second kappa shape index (κ2) is 15.6. The van der Waals surface area contributed by atoms with Crippen molar-refractivity contribution >= 4 is 32.8 Å². The smallest absolute Gasteiger partial charge is 0.269 e. The molecule has 344 valence electrons. The number of fused-ring (bicyclic) bond motifs is 10. The van der Waals surface area contributed by atoms with Crippen LogP contribution in [0.2, 0.25) is 0 Å². The summed E-state index contributed by atoms with van der Waals surface area (Å²) in [6.07, 6.45) is 5.66. The highest BCUT2D eigenvalue weighted by Crippen LogP contribution is 2.48. The number of aromatic nitrogens is 4. The van der Waals surface area contributed by atoms with E-state index < -0.39 is 52.5 Å². The molecule has 0 saturated heterocycles. The van der Waals surface area contributed by atoms with Crippen LogP contribution in [0.1, 0.15) is 116 Å². The number of hydrogen-bond acceptors (Lipinski definition) is 2. The Hall–Kier alpha value is -7.24. The van der Waals surface area contributed by atoms with Gasteiger partial charge in [-0.15, -0.1) is 0 Å². The van der Waals surface area contributed by atoms with Crippen LogP contribution in [0.3, 0.4) is 0 Å². The molecule has 69 heavy (non-hydrogen) atoms. The first-order chi connectivity index (χ1) is 36.1. The van der Waals surface area contributed by atoms with E-state index in [4.69, 9.17) is 12.5 Å². The molecular weight excluding hydrogens is 841 g/mol.